The summed E-state index contributed by atoms with van der Waals surface area (Å²) < 4.78 is 10.2. The Hall–Kier alpha value is -2.61. The summed E-state index contributed by atoms with van der Waals surface area (Å²) in [6.07, 6.45) is 3.59. The van der Waals surface area contributed by atoms with Gasteiger partial charge in [-0.2, -0.15) is 5.10 Å². The predicted molar refractivity (Wildman–Crippen MR) is 97.8 cm³/mol. The predicted octanol–water partition coefficient (Wildman–Crippen LogP) is 2.39. The number of thioether (sulfide) groups is 1. The monoisotopic (exact) mass is 361 g/mol. The number of amidine groups is 1. The minimum Gasteiger partial charge on any atom is -0.493 e. The third-order valence-electron chi connectivity index (χ3n) is 3.07. The van der Waals surface area contributed by atoms with Crippen molar-refractivity contribution >= 4 is 35.0 Å². The van der Waals surface area contributed by atoms with Gasteiger partial charge in [0.15, 0.2) is 5.17 Å². The Kier molecular flexibility index (Phi) is 6.76. The average molecular weight is 361 g/mol. The molecule has 1 saturated heterocycles. The van der Waals surface area contributed by atoms with E-state index in [1.54, 1.807) is 6.21 Å². The van der Waals surface area contributed by atoms with Gasteiger partial charge in [-0.3, -0.25) is 10.1 Å². The number of amides is 1. The van der Waals surface area contributed by atoms with E-state index in [4.69, 9.17) is 4.74 Å². The first-order valence-corrected chi connectivity index (χ1v) is 8.48. The zero-order valence-electron chi connectivity index (χ0n) is 14.2. The molecule has 1 fully saturated rings. The number of aryl methyl sites for hydroxylation is 1. The Morgan fingerprint density at radius 2 is 2.20 bits per heavy atom. The third-order valence-corrected chi connectivity index (χ3v) is 3.97. The van der Waals surface area contributed by atoms with Crippen LogP contribution in [0.4, 0.5) is 0 Å². The lowest BCUT2D eigenvalue weighted by atomic mass is 10.1. The summed E-state index contributed by atoms with van der Waals surface area (Å²) in [4.78, 5) is 23.1. The van der Waals surface area contributed by atoms with Gasteiger partial charge in [0.25, 0.3) is 5.91 Å². The maximum absolute atomic E-state index is 11.7. The van der Waals surface area contributed by atoms with Crippen molar-refractivity contribution in [2.45, 2.75) is 20.3 Å². The summed E-state index contributed by atoms with van der Waals surface area (Å²) in [5.41, 5.74) is 1.88. The van der Waals surface area contributed by atoms with E-state index in [-0.39, 0.29) is 4.91 Å². The molecule has 0 atom stereocenters. The van der Waals surface area contributed by atoms with E-state index in [0.29, 0.717) is 11.8 Å². The number of hydrogen-bond donors (Lipinski definition) is 1. The molecular formula is C17H19N3O4S. The van der Waals surface area contributed by atoms with Crippen LogP contribution >= 0.6 is 11.8 Å². The fourth-order valence-electron chi connectivity index (χ4n) is 1.90. The number of benzene rings is 1. The molecule has 1 N–H and O–H groups in total. The largest absolute Gasteiger partial charge is 0.493 e. The normalized spacial score (nSPS) is 17.3. The second-order valence-corrected chi connectivity index (χ2v) is 6.16. The summed E-state index contributed by atoms with van der Waals surface area (Å²) >= 11 is 1.02. The molecule has 0 saturated carbocycles. The van der Waals surface area contributed by atoms with Gasteiger partial charge < -0.3 is 9.47 Å². The molecule has 1 aliphatic rings. The van der Waals surface area contributed by atoms with E-state index in [0.717, 1.165) is 41.1 Å². The lowest BCUT2D eigenvalue weighted by Crippen LogP contribution is -2.19. The first-order valence-electron chi connectivity index (χ1n) is 7.66. The Morgan fingerprint density at radius 1 is 1.40 bits per heavy atom. The van der Waals surface area contributed by atoms with Gasteiger partial charge in [0, 0.05) is 11.6 Å². The molecule has 0 aromatic heterocycles. The molecule has 1 aliphatic heterocycles. The number of rotatable bonds is 6. The van der Waals surface area contributed by atoms with Crippen LogP contribution < -0.4 is 10.1 Å². The number of esters is 1. The molecule has 2 rings (SSSR count). The number of nitrogens with zero attached hydrogens (tertiary/aromatic N) is 2. The van der Waals surface area contributed by atoms with Crippen molar-refractivity contribution in [1.82, 2.24) is 5.32 Å². The van der Waals surface area contributed by atoms with Gasteiger partial charge in [0.05, 0.1) is 24.8 Å². The zero-order chi connectivity index (χ0) is 18.2. The van der Waals surface area contributed by atoms with Gasteiger partial charge in [0.2, 0.25) is 0 Å². The van der Waals surface area contributed by atoms with Gasteiger partial charge in [0.1, 0.15) is 5.75 Å². The fourth-order valence-corrected chi connectivity index (χ4v) is 2.64. The second-order valence-electron chi connectivity index (χ2n) is 5.13. The van der Waals surface area contributed by atoms with Gasteiger partial charge >= 0.3 is 5.97 Å². The van der Waals surface area contributed by atoms with Crippen LogP contribution in [0.5, 0.6) is 5.75 Å². The summed E-state index contributed by atoms with van der Waals surface area (Å²) in [5.74, 6) is -0.280. The number of hydrogen-bond acceptors (Lipinski definition) is 7. The Morgan fingerprint density at radius 3 is 2.92 bits per heavy atom. The molecule has 8 heteroatoms. The topological polar surface area (TPSA) is 89.4 Å². The maximum Gasteiger partial charge on any atom is 0.331 e. The SMILES string of the molecule is CCCOc1ccc(C)cc1C=N/N=C1/NC(=O)/C(=C\C(=O)OC)S1. The van der Waals surface area contributed by atoms with Gasteiger partial charge in [-0.25, -0.2) is 4.79 Å². The number of nitrogens with one attached hydrogen (secondary N) is 1. The molecule has 1 amide bonds. The van der Waals surface area contributed by atoms with E-state index < -0.39 is 11.9 Å². The van der Waals surface area contributed by atoms with Crippen molar-refractivity contribution in [2.24, 2.45) is 10.2 Å². The highest BCUT2D eigenvalue weighted by Gasteiger charge is 2.24. The van der Waals surface area contributed by atoms with Crippen LogP contribution in [0.1, 0.15) is 24.5 Å². The van der Waals surface area contributed by atoms with E-state index in [2.05, 4.69) is 20.3 Å². The molecule has 0 unspecified atom stereocenters. The van der Waals surface area contributed by atoms with E-state index >= 15 is 0 Å². The smallest absolute Gasteiger partial charge is 0.331 e. The summed E-state index contributed by atoms with van der Waals surface area (Å²) in [7, 11) is 1.25. The van der Waals surface area contributed by atoms with Gasteiger partial charge in [-0.15, -0.1) is 5.10 Å². The van der Waals surface area contributed by atoms with Gasteiger partial charge in [-0.1, -0.05) is 18.6 Å². The van der Waals surface area contributed by atoms with Gasteiger partial charge in [-0.05, 0) is 37.2 Å². The first kappa shape index (κ1) is 18.7. The second kappa shape index (κ2) is 9.03. The molecule has 0 radical (unpaired) electrons. The highest BCUT2D eigenvalue weighted by Crippen LogP contribution is 2.23. The summed E-state index contributed by atoms with van der Waals surface area (Å²) in [6, 6.07) is 5.80. The first-order chi connectivity index (χ1) is 12.0. The zero-order valence-corrected chi connectivity index (χ0v) is 15.1. The van der Waals surface area contributed by atoms with Crippen LogP contribution in [0.2, 0.25) is 0 Å². The Balaban J connectivity index is 2.11. The number of ether oxygens (including phenoxy) is 2. The Labute approximate surface area is 150 Å². The van der Waals surface area contributed by atoms with Crippen LogP contribution in [0.15, 0.2) is 39.4 Å². The molecule has 132 valence electrons. The maximum atomic E-state index is 11.7. The standard InChI is InChI=1S/C17H19N3O4S/c1-4-7-24-13-6-5-11(2)8-12(13)10-18-20-17-19-16(22)14(25-17)9-15(21)23-3/h5-6,8-10H,4,7H2,1-3H3,(H,19,20,22)/b14-9+,18-10?. The van der Waals surface area contributed by atoms with E-state index in [1.165, 1.54) is 7.11 Å². The molecule has 7 nitrogen and oxygen atoms in total. The highest BCUT2D eigenvalue weighted by atomic mass is 32.2. The van der Waals surface area contributed by atoms with Crippen molar-refractivity contribution in [3.63, 3.8) is 0 Å². The molecule has 25 heavy (non-hydrogen) atoms. The van der Waals surface area contributed by atoms with E-state index in [1.807, 2.05) is 32.0 Å². The van der Waals surface area contributed by atoms with Crippen molar-refractivity contribution in [2.75, 3.05) is 13.7 Å². The van der Waals surface area contributed by atoms with Crippen LogP contribution in [-0.2, 0) is 14.3 Å². The lowest BCUT2D eigenvalue weighted by Gasteiger charge is -2.08. The molecule has 1 heterocycles. The quantitative estimate of drug-likeness (QED) is 0.364. The molecule has 0 spiro atoms. The minimum atomic E-state index is -0.597. The number of carbonyl (C=O) groups excluding carboxylic acids is 2. The molecule has 1 aromatic carbocycles. The molecular weight excluding hydrogens is 342 g/mol. The lowest BCUT2D eigenvalue weighted by molar-refractivity contribution is -0.135. The van der Waals surface area contributed by atoms with Crippen LogP contribution in [-0.4, -0.2) is 37.0 Å². The highest BCUT2D eigenvalue weighted by molar-refractivity contribution is 8.18. The minimum absolute atomic E-state index is 0.211. The van der Waals surface area contributed by atoms with Crippen LogP contribution in [0.25, 0.3) is 0 Å². The average Bonchev–Trinajstić information content (AvgIpc) is 2.93. The van der Waals surface area contributed by atoms with Crippen molar-refractivity contribution in [1.29, 1.82) is 0 Å². The molecule has 1 aromatic rings. The van der Waals surface area contributed by atoms with E-state index in [9.17, 15) is 9.59 Å². The van der Waals surface area contributed by atoms with Crippen LogP contribution in [0, 0.1) is 6.92 Å². The third kappa shape index (κ3) is 5.46. The van der Waals surface area contributed by atoms with Crippen LogP contribution in [0.3, 0.4) is 0 Å². The summed E-state index contributed by atoms with van der Waals surface area (Å²) in [5, 5.41) is 10.8. The number of carbonyl (C=O) groups is 2. The van der Waals surface area contributed by atoms with Crippen molar-refractivity contribution in [3.8, 4) is 5.75 Å². The summed E-state index contributed by atoms with van der Waals surface area (Å²) in [6.45, 7) is 4.63. The fraction of sp³-hybridized carbons (Fsp3) is 0.294. The number of methoxy groups -OCH3 is 1. The van der Waals surface area contributed by atoms with Crippen molar-refractivity contribution in [3.05, 3.63) is 40.3 Å². The molecule has 0 bridgehead atoms. The Bertz CT molecular complexity index is 756. The molecule has 0 aliphatic carbocycles. The van der Waals surface area contributed by atoms with Crippen molar-refractivity contribution < 1.29 is 19.1 Å².